The van der Waals surface area contributed by atoms with Gasteiger partial charge in [0.25, 0.3) is 0 Å². The molecule has 26 heavy (non-hydrogen) atoms. The predicted molar refractivity (Wildman–Crippen MR) is 109 cm³/mol. The summed E-state index contributed by atoms with van der Waals surface area (Å²) in [5, 5.41) is 6.95. The molecule has 0 radical (unpaired) electrons. The standard InChI is InChI=1S/C20H32N4O2/c1-5-7-12-23-20(24-21)19(15-22-3)26-13-8-9-17-14-18(25-4)11-10-16(17)6-2/h10-11,14-15H,3,5-9,12-13,21H2,1-2,4H3,(H,23,24)/b19-15+. The molecule has 1 rings (SSSR count). The fourth-order valence-corrected chi connectivity index (χ4v) is 2.58. The zero-order valence-corrected chi connectivity index (χ0v) is 16.3. The van der Waals surface area contributed by atoms with E-state index in [1.54, 1.807) is 7.11 Å². The van der Waals surface area contributed by atoms with Gasteiger partial charge in [0.2, 0.25) is 0 Å². The lowest BCUT2D eigenvalue weighted by Crippen LogP contribution is -2.29. The van der Waals surface area contributed by atoms with Crippen LogP contribution in [0.25, 0.3) is 0 Å². The van der Waals surface area contributed by atoms with Crippen LogP contribution in [0, 0.1) is 0 Å². The van der Waals surface area contributed by atoms with Crippen LogP contribution in [-0.2, 0) is 17.6 Å². The zero-order chi connectivity index (χ0) is 19.2. The number of aryl methyl sites for hydroxylation is 2. The maximum absolute atomic E-state index is 5.84. The molecule has 0 aliphatic rings. The summed E-state index contributed by atoms with van der Waals surface area (Å²) in [5.41, 5.74) is 2.62. The van der Waals surface area contributed by atoms with Crippen molar-refractivity contribution in [1.29, 1.82) is 0 Å². The Kier molecular flexibility index (Phi) is 10.6. The first-order chi connectivity index (χ1) is 12.7. The fourth-order valence-electron chi connectivity index (χ4n) is 2.58. The van der Waals surface area contributed by atoms with Gasteiger partial charge in [-0.15, -0.1) is 0 Å². The smallest absolute Gasteiger partial charge is 0.189 e. The molecular weight excluding hydrogens is 328 g/mol. The fraction of sp³-hybridized carbons (Fsp3) is 0.500. The number of aliphatic imine (C=N–C) groups is 1. The van der Waals surface area contributed by atoms with E-state index in [1.807, 2.05) is 6.07 Å². The number of amidine groups is 1. The Labute approximate surface area is 157 Å². The van der Waals surface area contributed by atoms with E-state index in [0.29, 0.717) is 18.2 Å². The van der Waals surface area contributed by atoms with Gasteiger partial charge in [0, 0.05) is 6.54 Å². The number of nitrogens with one attached hydrogen (secondary N) is 1. The highest BCUT2D eigenvalue weighted by molar-refractivity contribution is 5.96. The molecule has 0 aliphatic carbocycles. The van der Waals surface area contributed by atoms with Crippen molar-refractivity contribution in [2.24, 2.45) is 15.9 Å². The lowest BCUT2D eigenvalue weighted by atomic mass is 10.0. The van der Waals surface area contributed by atoms with Crippen LogP contribution in [0.2, 0.25) is 0 Å². The summed E-state index contributed by atoms with van der Waals surface area (Å²) in [6.07, 6.45) is 6.42. The Morgan fingerprint density at radius 1 is 1.27 bits per heavy atom. The molecule has 0 aromatic heterocycles. The van der Waals surface area contributed by atoms with Crippen molar-refractivity contribution in [2.75, 3.05) is 20.3 Å². The van der Waals surface area contributed by atoms with Gasteiger partial charge in [0.15, 0.2) is 11.6 Å². The third kappa shape index (κ3) is 7.17. The summed E-state index contributed by atoms with van der Waals surface area (Å²) < 4.78 is 11.2. The number of nitrogens with two attached hydrogens (primary N) is 1. The molecule has 0 atom stereocenters. The number of rotatable bonds is 12. The van der Waals surface area contributed by atoms with Crippen molar-refractivity contribution < 1.29 is 9.47 Å². The van der Waals surface area contributed by atoms with Crippen LogP contribution < -0.4 is 15.9 Å². The summed E-state index contributed by atoms with van der Waals surface area (Å²) in [4.78, 5) is 3.79. The second-order valence-corrected chi connectivity index (χ2v) is 5.87. The molecule has 144 valence electrons. The van der Waals surface area contributed by atoms with Gasteiger partial charge in [-0.3, -0.25) is 4.99 Å². The molecule has 1 aromatic rings. The van der Waals surface area contributed by atoms with Crippen molar-refractivity contribution in [3.63, 3.8) is 0 Å². The lowest BCUT2D eigenvalue weighted by molar-refractivity contribution is 0.224. The van der Waals surface area contributed by atoms with Crippen molar-refractivity contribution >= 4 is 12.6 Å². The third-order valence-corrected chi connectivity index (χ3v) is 4.04. The van der Waals surface area contributed by atoms with E-state index in [2.05, 4.69) is 48.1 Å². The van der Waals surface area contributed by atoms with Gasteiger partial charge in [0.05, 0.1) is 19.9 Å². The minimum atomic E-state index is 0.501. The number of hydrogen-bond donors (Lipinski definition) is 2. The normalized spacial score (nSPS) is 12.0. The minimum Gasteiger partial charge on any atom is -0.497 e. The molecule has 0 aliphatic heterocycles. The molecule has 0 spiro atoms. The monoisotopic (exact) mass is 360 g/mol. The average molecular weight is 361 g/mol. The quantitative estimate of drug-likeness (QED) is 0.149. The molecule has 0 amide bonds. The van der Waals surface area contributed by atoms with Crippen LogP contribution in [-0.4, -0.2) is 32.8 Å². The van der Waals surface area contributed by atoms with Crippen molar-refractivity contribution in [2.45, 2.75) is 46.0 Å². The number of unbranched alkanes of at least 4 members (excludes halogenated alkanes) is 1. The maximum atomic E-state index is 5.84. The van der Waals surface area contributed by atoms with Crippen LogP contribution in [0.4, 0.5) is 0 Å². The Balaban J connectivity index is 2.61. The SMILES string of the molecule is C=N/C=C(OCCCc1cc(OC)ccc1CC)\C(=N/N)NCCCC. The van der Waals surface area contributed by atoms with E-state index in [9.17, 15) is 0 Å². The van der Waals surface area contributed by atoms with Crippen LogP contribution in [0.5, 0.6) is 5.75 Å². The van der Waals surface area contributed by atoms with E-state index < -0.39 is 0 Å². The number of ether oxygens (including phenoxy) is 2. The molecule has 0 heterocycles. The topological polar surface area (TPSA) is 81.2 Å². The average Bonchev–Trinajstić information content (AvgIpc) is 2.67. The summed E-state index contributed by atoms with van der Waals surface area (Å²) in [7, 11) is 1.69. The number of hydrazone groups is 1. The van der Waals surface area contributed by atoms with E-state index >= 15 is 0 Å². The van der Waals surface area contributed by atoms with E-state index in [1.165, 1.54) is 17.3 Å². The molecule has 0 saturated carbocycles. The molecule has 0 fully saturated rings. The van der Waals surface area contributed by atoms with Gasteiger partial charge in [-0.2, -0.15) is 5.10 Å². The number of nitrogens with zero attached hydrogens (tertiary/aromatic N) is 2. The number of methoxy groups -OCH3 is 1. The lowest BCUT2D eigenvalue weighted by Gasteiger charge is -2.14. The first kappa shape index (κ1) is 21.5. The largest absolute Gasteiger partial charge is 0.497 e. The van der Waals surface area contributed by atoms with Crippen LogP contribution in [0.1, 0.15) is 44.2 Å². The first-order valence-corrected chi connectivity index (χ1v) is 9.16. The van der Waals surface area contributed by atoms with E-state index in [4.69, 9.17) is 15.3 Å². The van der Waals surface area contributed by atoms with Gasteiger partial charge in [-0.25, -0.2) is 0 Å². The summed E-state index contributed by atoms with van der Waals surface area (Å²) in [6, 6.07) is 6.22. The van der Waals surface area contributed by atoms with Gasteiger partial charge in [0.1, 0.15) is 5.75 Å². The Morgan fingerprint density at radius 3 is 2.69 bits per heavy atom. The Bertz CT molecular complexity index is 612. The van der Waals surface area contributed by atoms with Gasteiger partial charge in [-0.1, -0.05) is 26.3 Å². The van der Waals surface area contributed by atoms with Gasteiger partial charge < -0.3 is 20.6 Å². The highest BCUT2D eigenvalue weighted by atomic mass is 16.5. The van der Waals surface area contributed by atoms with Crippen LogP contribution in [0.3, 0.4) is 0 Å². The highest BCUT2D eigenvalue weighted by Crippen LogP contribution is 2.20. The number of hydrogen-bond acceptors (Lipinski definition) is 5. The zero-order valence-electron chi connectivity index (χ0n) is 16.3. The molecule has 1 aromatic carbocycles. The predicted octanol–water partition coefficient (Wildman–Crippen LogP) is 3.41. The van der Waals surface area contributed by atoms with Crippen molar-refractivity contribution in [3.05, 3.63) is 41.3 Å². The number of benzene rings is 1. The summed E-state index contributed by atoms with van der Waals surface area (Å²) >= 11 is 0. The minimum absolute atomic E-state index is 0.501. The molecule has 6 heteroatoms. The Morgan fingerprint density at radius 2 is 2.08 bits per heavy atom. The van der Waals surface area contributed by atoms with Crippen molar-refractivity contribution in [1.82, 2.24) is 5.32 Å². The van der Waals surface area contributed by atoms with Crippen molar-refractivity contribution in [3.8, 4) is 5.75 Å². The third-order valence-electron chi connectivity index (χ3n) is 4.04. The maximum Gasteiger partial charge on any atom is 0.189 e. The van der Waals surface area contributed by atoms with Gasteiger partial charge in [-0.05, 0) is 55.7 Å². The van der Waals surface area contributed by atoms with E-state index in [-0.39, 0.29) is 0 Å². The highest BCUT2D eigenvalue weighted by Gasteiger charge is 2.09. The summed E-state index contributed by atoms with van der Waals surface area (Å²) in [6.45, 7) is 9.10. The van der Waals surface area contributed by atoms with E-state index in [0.717, 1.165) is 44.4 Å². The molecule has 3 N–H and O–H groups in total. The molecule has 0 bridgehead atoms. The summed E-state index contributed by atoms with van der Waals surface area (Å²) in [5.74, 6) is 7.38. The molecule has 0 unspecified atom stereocenters. The van der Waals surface area contributed by atoms with Crippen LogP contribution in [0.15, 0.2) is 40.3 Å². The molecule has 0 saturated heterocycles. The second-order valence-electron chi connectivity index (χ2n) is 5.87. The second kappa shape index (κ2) is 12.8. The Hall–Kier alpha value is -2.50. The van der Waals surface area contributed by atoms with Crippen LogP contribution >= 0.6 is 0 Å². The molecule has 6 nitrogen and oxygen atoms in total. The first-order valence-electron chi connectivity index (χ1n) is 9.16. The molecular formula is C20H32N4O2. The van der Waals surface area contributed by atoms with Gasteiger partial charge >= 0.3 is 0 Å².